The van der Waals surface area contributed by atoms with Crippen LogP contribution in [0.15, 0.2) is 42.5 Å². The van der Waals surface area contributed by atoms with Crippen LogP contribution in [0, 0.1) is 5.82 Å². The minimum Gasteiger partial charge on any atom is -0.388 e. The number of piperidine rings is 1. The molecule has 0 aromatic heterocycles. The molecule has 0 spiro atoms. The fourth-order valence-electron chi connectivity index (χ4n) is 5.54. The van der Waals surface area contributed by atoms with Gasteiger partial charge in [-0.05, 0) is 55.1 Å². The Morgan fingerprint density at radius 3 is 2.76 bits per heavy atom. The molecular formula is C24H30FN3O. The normalized spacial score (nSPS) is 24.4. The van der Waals surface area contributed by atoms with E-state index in [-0.39, 0.29) is 5.82 Å². The van der Waals surface area contributed by atoms with Crippen LogP contribution in [0.1, 0.15) is 42.4 Å². The van der Waals surface area contributed by atoms with Crippen LogP contribution in [0.2, 0.25) is 0 Å². The van der Waals surface area contributed by atoms with Gasteiger partial charge in [0.05, 0.1) is 17.5 Å². The summed E-state index contributed by atoms with van der Waals surface area (Å²) in [7, 11) is 2.20. The SMILES string of the molecule is CN1CCN2c3c(cccc31)[C@@H]1CN(CCCC(O)c3ccc(F)cc3)CCC12. The van der Waals surface area contributed by atoms with Crippen molar-refractivity contribution in [3.05, 3.63) is 59.4 Å². The van der Waals surface area contributed by atoms with Crippen LogP contribution < -0.4 is 9.80 Å². The molecule has 3 aliphatic heterocycles. The van der Waals surface area contributed by atoms with E-state index in [1.807, 2.05) is 0 Å². The minimum absolute atomic E-state index is 0.256. The van der Waals surface area contributed by atoms with E-state index in [4.69, 9.17) is 0 Å². The van der Waals surface area contributed by atoms with E-state index < -0.39 is 6.10 Å². The van der Waals surface area contributed by atoms with Crippen molar-refractivity contribution >= 4 is 11.4 Å². The summed E-state index contributed by atoms with van der Waals surface area (Å²) in [6.45, 7) is 5.48. The summed E-state index contributed by atoms with van der Waals surface area (Å²) in [4.78, 5) is 7.63. The fourth-order valence-corrected chi connectivity index (χ4v) is 5.54. The molecule has 2 unspecified atom stereocenters. The number of aliphatic hydroxyl groups is 1. The number of likely N-dealkylation sites (N-methyl/N-ethyl adjacent to an activating group) is 1. The third kappa shape index (κ3) is 3.40. The molecule has 3 atom stereocenters. The number of benzene rings is 2. The lowest BCUT2D eigenvalue weighted by molar-refractivity contribution is 0.144. The number of para-hydroxylation sites is 1. The second kappa shape index (κ2) is 7.62. The Morgan fingerprint density at radius 2 is 1.93 bits per heavy atom. The van der Waals surface area contributed by atoms with E-state index in [1.165, 1.54) is 35.5 Å². The van der Waals surface area contributed by atoms with Crippen molar-refractivity contribution in [2.45, 2.75) is 37.3 Å². The van der Waals surface area contributed by atoms with Crippen LogP contribution in [0.25, 0.3) is 0 Å². The van der Waals surface area contributed by atoms with Gasteiger partial charge in [-0.1, -0.05) is 24.3 Å². The Hall–Kier alpha value is -2.11. The average Bonchev–Trinajstić information content (AvgIpc) is 3.06. The van der Waals surface area contributed by atoms with Gasteiger partial charge in [-0.2, -0.15) is 0 Å². The maximum Gasteiger partial charge on any atom is 0.123 e. The molecule has 0 bridgehead atoms. The van der Waals surface area contributed by atoms with Crippen molar-refractivity contribution in [1.82, 2.24) is 4.90 Å². The van der Waals surface area contributed by atoms with Gasteiger partial charge >= 0.3 is 0 Å². The standard InChI is InChI=1S/C24H30FN3O/c1-26-14-15-28-21-11-13-27(16-20(21)19-4-2-5-22(26)24(19)28)12-3-6-23(29)17-7-9-18(25)10-8-17/h2,4-5,7-10,20-21,23,29H,3,6,11-16H2,1H3/t20-,21?,23?/m0/s1. The Bertz CT molecular complexity index is 871. The maximum absolute atomic E-state index is 13.1. The van der Waals surface area contributed by atoms with Gasteiger partial charge in [-0.15, -0.1) is 0 Å². The maximum atomic E-state index is 13.1. The predicted molar refractivity (Wildman–Crippen MR) is 115 cm³/mol. The highest BCUT2D eigenvalue weighted by Crippen LogP contribution is 2.50. The molecule has 2 aromatic rings. The van der Waals surface area contributed by atoms with Gasteiger partial charge in [0, 0.05) is 45.2 Å². The first-order chi connectivity index (χ1) is 14.1. The predicted octanol–water partition coefficient (Wildman–Crippen LogP) is 3.77. The molecule has 0 saturated carbocycles. The molecule has 3 aliphatic rings. The summed E-state index contributed by atoms with van der Waals surface area (Å²) in [6.07, 6.45) is 2.37. The zero-order chi connectivity index (χ0) is 20.0. The number of nitrogens with zero attached hydrogens (tertiary/aromatic N) is 3. The summed E-state index contributed by atoms with van der Waals surface area (Å²) in [5, 5.41) is 10.4. The van der Waals surface area contributed by atoms with Crippen LogP contribution in [0.5, 0.6) is 0 Å². The number of fused-ring (bicyclic) bond motifs is 3. The van der Waals surface area contributed by atoms with Crippen molar-refractivity contribution in [2.75, 3.05) is 49.6 Å². The van der Waals surface area contributed by atoms with Crippen molar-refractivity contribution in [2.24, 2.45) is 0 Å². The van der Waals surface area contributed by atoms with Crippen LogP contribution in [-0.2, 0) is 0 Å². The molecule has 0 amide bonds. The quantitative estimate of drug-likeness (QED) is 0.835. The van der Waals surface area contributed by atoms with Crippen LogP contribution >= 0.6 is 0 Å². The Kier molecular flexibility index (Phi) is 4.96. The van der Waals surface area contributed by atoms with E-state index >= 15 is 0 Å². The molecule has 1 N–H and O–H groups in total. The molecule has 2 aromatic carbocycles. The number of likely N-dealkylation sites (tertiary alicyclic amines) is 1. The molecule has 0 radical (unpaired) electrons. The number of anilines is 2. The Labute approximate surface area is 172 Å². The minimum atomic E-state index is -0.511. The lowest BCUT2D eigenvalue weighted by Crippen LogP contribution is -2.49. The first-order valence-corrected chi connectivity index (χ1v) is 10.9. The molecule has 1 fully saturated rings. The third-order valence-corrected chi connectivity index (χ3v) is 7.09. The second-order valence-corrected chi connectivity index (χ2v) is 8.80. The van der Waals surface area contributed by atoms with Crippen molar-refractivity contribution in [3.8, 4) is 0 Å². The number of hydrogen-bond acceptors (Lipinski definition) is 4. The van der Waals surface area contributed by atoms with Gasteiger partial charge < -0.3 is 19.8 Å². The van der Waals surface area contributed by atoms with E-state index in [1.54, 1.807) is 12.1 Å². The number of halogens is 1. The molecule has 154 valence electrons. The van der Waals surface area contributed by atoms with Crippen molar-refractivity contribution in [3.63, 3.8) is 0 Å². The summed E-state index contributed by atoms with van der Waals surface area (Å²) in [6, 6.07) is 13.7. The topological polar surface area (TPSA) is 30.0 Å². The van der Waals surface area contributed by atoms with E-state index in [0.29, 0.717) is 18.4 Å². The summed E-state index contributed by atoms with van der Waals surface area (Å²) >= 11 is 0. The van der Waals surface area contributed by atoms with Gasteiger partial charge in [-0.25, -0.2) is 4.39 Å². The highest BCUT2D eigenvalue weighted by molar-refractivity contribution is 5.80. The molecule has 0 aliphatic carbocycles. The summed E-state index contributed by atoms with van der Waals surface area (Å²) < 4.78 is 13.1. The zero-order valence-electron chi connectivity index (χ0n) is 17.1. The largest absolute Gasteiger partial charge is 0.388 e. The lowest BCUT2D eigenvalue weighted by Gasteiger charge is -2.41. The molecule has 1 saturated heterocycles. The van der Waals surface area contributed by atoms with Gasteiger partial charge in [0.1, 0.15) is 5.82 Å². The molecular weight excluding hydrogens is 365 g/mol. The van der Waals surface area contributed by atoms with Crippen LogP contribution in [0.4, 0.5) is 15.8 Å². The van der Waals surface area contributed by atoms with Gasteiger partial charge in [0.2, 0.25) is 0 Å². The molecule has 4 nitrogen and oxygen atoms in total. The van der Waals surface area contributed by atoms with Gasteiger partial charge in [-0.3, -0.25) is 0 Å². The van der Waals surface area contributed by atoms with Crippen molar-refractivity contribution in [1.29, 1.82) is 0 Å². The lowest BCUT2D eigenvalue weighted by atomic mass is 9.89. The molecule has 29 heavy (non-hydrogen) atoms. The molecule has 5 rings (SSSR count). The third-order valence-electron chi connectivity index (χ3n) is 7.09. The Balaban J connectivity index is 1.21. The smallest absolute Gasteiger partial charge is 0.123 e. The summed E-state index contributed by atoms with van der Waals surface area (Å²) in [5.74, 6) is 0.334. The van der Waals surface area contributed by atoms with E-state index in [2.05, 4.69) is 39.9 Å². The first kappa shape index (κ1) is 18.9. The zero-order valence-corrected chi connectivity index (χ0v) is 17.1. The Morgan fingerprint density at radius 1 is 1.10 bits per heavy atom. The number of rotatable bonds is 5. The highest BCUT2D eigenvalue weighted by atomic mass is 19.1. The molecule has 5 heteroatoms. The number of aliphatic hydroxyl groups excluding tert-OH is 1. The summed E-state index contributed by atoms with van der Waals surface area (Å²) in [5.41, 5.74) is 5.19. The average molecular weight is 396 g/mol. The molecule has 3 heterocycles. The van der Waals surface area contributed by atoms with Gasteiger partial charge in [0.25, 0.3) is 0 Å². The van der Waals surface area contributed by atoms with Crippen LogP contribution in [-0.4, -0.2) is 55.8 Å². The fraction of sp³-hybridized carbons (Fsp3) is 0.500. The first-order valence-electron chi connectivity index (χ1n) is 10.9. The number of hydrogen-bond donors (Lipinski definition) is 1. The monoisotopic (exact) mass is 395 g/mol. The highest BCUT2D eigenvalue weighted by Gasteiger charge is 2.44. The van der Waals surface area contributed by atoms with Crippen LogP contribution in [0.3, 0.4) is 0 Å². The van der Waals surface area contributed by atoms with E-state index in [9.17, 15) is 9.50 Å². The second-order valence-electron chi connectivity index (χ2n) is 8.80. The van der Waals surface area contributed by atoms with E-state index in [0.717, 1.165) is 44.7 Å². The van der Waals surface area contributed by atoms with Crippen molar-refractivity contribution < 1.29 is 9.50 Å². The van der Waals surface area contributed by atoms with Gasteiger partial charge in [0.15, 0.2) is 0 Å².